The van der Waals surface area contributed by atoms with Crippen molar-refractivity contribution >= 4 is 17.5 Å². The largest absolute Gasteiger partial charge is 0.405 e. The third-order valence-electron chi connectivity index (χ3n) is 5.34. The molecule has 174 valence electrons. The average Bonchev–Trinajstić information content (AvgIpc) is 2.78. The Balaban J connectivity index is 1.47. The first-order chi connectivity index (χ1) is 15.3. The number of alkyl halides is 3. The highest BCUT2D eigenvalue weighted by Gasteiger charge is 2.28. The molecular formula is C23H27ClF3N3O2. The second-order valence-corrected chi connectivity index (χ2v) is 8.12. The summed E-state index contributed by atoms with van der Waals surface area (Å²) < 4.78 is 41.5. The quantitative estimate of drug-likeness (QED) is 0.568. The zero-order valence-corrected chi connectivity index (χ0v) is 18.4. The number of ether oxygens (including phenoxy) is 1. The molecule has 1 N–H and O–H groups in total. The first-order valence-electron chi connectivity index (χ1n) is 10.5. The fourth-order valence-electron chi connectivity index (χ4n) is 3.75. The summed E-state index contributed by atoms with van der Waals surface area (Å²) in [6.45, 7) is 2.58. The van der Waals surface area contributed by atoms with E-state index < -0.39 is 18.6 Å². The van der Waals surface area contributed by atoms with Crippen molar-refractivity contribution < 1.29 is 22.7 Å². The van der Waals surface area contributed by atoms with E-state index >= 15 is 0 Å². The van der Waals surface area contributed by atoms with Crippen LogP contribution in [0.3, 0.4) is 0 Å². The molecule has 0 bridgehead atoms. The molecule has 0 saturated carbocycles. The van der Waals surface area contributed by atoms with Crippen molar-refractivity contribution in [1.29, 1.82) is 0 Å². The summed E-state index contributed by atoms with van der Waals surface area (Å²) >= 11 is 6.08. The van der Waals surface area contributed by atoms with Gasteiger partial charge in [-0.1, -0.05) is 54.1 Å². The summed E-state index contributed by atoms with van der Waals surface area (Å²) in [6.07, 6.45) is -4.42. The highest BCUT2D eigenvalue weighted by atomic mass is 35.5. The van der Waals surface area contributed by atoms with Crippen molar-refractivity contribution in [2.24, 2.45) is 0 Å². The van der Waals surface area contributed by atoms with Crippen molar-refractivity contribution in [3.63, 3.8) is 0 Å². The van der Waals surface area contributed by atoms with Gasteiger partial charge in [-0.05, 0) is 23.3 Å². The van der Waals surface area contributed by atoms with Crippen LogP contribution >= 0.6 is 11.6 Å². The number of piperazine rings is 1. The standard InChI is InChI=1S/C23H27ClF3N3O2/c24-20-8-6-19(7-9-20)22(18-4-2-1-3-5-18)30-12-10-29(11-13-30)14-15-32-16-21(31)28-17-23(25,26)27/h1-9,22H,10-17H2,(H,28,31)/t22-/m0/s1. The predicted molar refractivity (Wildman–Crippen MR) is 118 cm³/mol. The molecule has 5 nitrogen and oxygen atoms in total. The molecular weight excluding hydrogens is 443 g/mol. The Morgan fingerprint density at radius 3 is 2.25 bits per heavy atom. The van der Waals surface area contributed by atoms with Gasteiger partial charge in [-0.3, -0.25) is 14.6 Å². The average molecular weight is 470 g/mol. The molecule has 0 aliphatic carbocycles. The minimum atomic E-state index is -4.42. The van der Waals surface area contributed by atoms with E-state index in [9.17, 15) is 18.0 Å². The summed E-state index contributed by atoms with van der Waals surface area (Å²) in [5.41, 5.74) is 2.40. The fraction of sp³-hybridized carbons (Fsp3) is 0.435. The van der Waals surface area contributed by atoms with Crippen LogP contribution < -0.4 is 5.32 Å². The number of benzene rings is 2. The molecule has 1 fully saturated rings. The summed E-state index contributed by atoms with van der Waals surface area (Å²) in [5, 5.41) is 2.50. The Morgan fingerprint density at radius 1 is 1.00 bits per heavy atom. The fourth-order valence-corrected chi connectivity index (χ4v) is 3.87. The Morgan fingerprint density at radius 2 is 1.62 bits per heavy atom. The number of carbonyl (C=O) groups excluding carboxylic acids is 1. The van der Waals surface area contributed by atoms with Crippen molar-refractivity contribution in [2.45, 2.75) is 12.2 Å². The van der Waals surface area contributed by atoms with Gasteiger partial charge in [0.05, 0.1) is 12.6 Å². The number of carbonyl (C=O) groups is 1. The third kappa shape index (κ3) is 7.78. The number of nitrogens with one attached hydrogen (secondary N) is 1. The molecule has 32 heavy (non-hydrogen) atoms. The molecule has 1 amide bonds. The first kappa shape index (κ1) is 24.5. The van der Waals surface area contributed by atoms with Gasteiger partial charge >= 0.3 is 6.18 Å². The van der Waals surface area contributed by atoms with Gasteiger partial charge in [0.1, 0.15) is 13.2 Å². The van der Waals surface area contributed by atoms with E-state index in [-0.39, 0.29) is 12.6 Å². The topological polar surface area (TPSA) is 44.8 Å². The van der Waals surface area contributed by atoms with Crippen molar-refractivity contribution in [3.05, 3.63) is 70.7 Å². The van der Waals surface area contributed by atoms with E-state index in [1.54, 1.807) is 5.32 Å². The van der Waals surface area contributed by atoms with Crippen LogP contribution in [0.1, 0.15) is 17.2 Å². The van der Waals surface area contributed by atoms with Gasteiger partial charge in [0.25, 0.3) is 0 Å². The number of rotatable bonds is 9. The van der Waals surface area contributed by atoms with Crippen LogP contribution in [0.15, 0.2) is 54.6 Å². The molecule has 0 spiro atoms. The van der Waals surface area contributed by atoms with Crippen LogP contribution in [0.2, 0.25) is 5.02 Å². The molecule has 1 saturated heterocycles. The van der Waals surface area contributed by atoms with Crippen LogP contribution in [0.25, 0.3) is 0 Å². The van der Waals surface area contributed by atoms with Crippen molar-refractivity contribution in [1.82, 2.24) is 15.1 Å². The first-order valence-corrected chi connectivity index (χ1v) is 10.9. The number of nitrogens with zero attached hydrogens (tertiary/aromatic N) is 2. The molecule has 1 heterocycles. The second-order valence-electron chi connectivity index (χ2n) is 7.69. The molecule has 3 rings (SSSR count). The van der Waals surface area contributed by atoms with Gasteiger partial charge in [0.15, 0.2) is 0 Å². The van der Waals surface area contributed by atoms with Gasteiger partial charge in [-0.2, -0.15) is 13.2 Å². The van der Waals surface area contributed by atoms with Crippen LogP contribution in [0, 0.1) is 0 Å². The number of hydrogen-bond acceptors (Lipinski definition) is 4. The molecule has 2 aromatic carbocycles. The Bertz CT molecular complexity index is 842. The van der Waals surface area contributed by atoms with E-state index in [0.717, 1.165) is 26.2 Å². The Labute approximate surface area is 191 Å². The maximum Gasteiger partial charge on any atom is 0.405 e. The van der Waals surface area contributed by atoms with E-state index in [4.69, 9.17) is 16.3 Å². The molecule has 1 aliphatic heterocycles. The molecule has 2 aromatic rings. The van der Waals surface area contributed by atoms with Gasteiger partial charge in [0, 0.05) is 37.7 Å². The van der Waals surface area contributed by atoms with Crippen molar-refractivity contribution in [3.8, 4) is 0 Å². The lowest BCUT2D eigenvalue weighted by Gasteiger charge is -2.39. The molecule has 0 aromatic heterocycles. The van der Waals surface area contributed by atoms with Crippen LogP contribution in [0.5, 0.6) is 0 Å². The lowest BCUT2D eigenvalue weighted by atomic mass is 9.96. The summed E-state index contributed by atoms with van der Waals surface area (Å²) in [5.74, 6) is -0.763. The molecule has 1 atom stereocenters. The number of hydrogen-bond donors (Lipinski definition) is 1. The second kappa shape index (κ2) is 11.7. The summed E-state index contributed by atoms with van der Waals surface area (Å²) in [7, 11) is 0. The Hall–Kier alpha value is -2.13. The van der Waals surface area contributed by atoms with E-state index in [1.807, 2.05) is 30.3 Å². The van der Waals surface area contributed by atoms with E-state index in [0.29, 0.717) is 18.2 Å². The third-order valence-corrected chi connectivity index (χ3v) is 5.60. The van der Waals surface area contributed by atoms with Gasteiger partial charge in [-0.25, -0.2) is 0 Å². The molecule has 0 unspecified atom stereocenters. The normalized spacial score (nSPS) is 16.6. The van der Waals surface area contributed by atoms with Gasteiger partial charge in [-0.15, -0.1) is 0 Å². The van der Waals surface area contributed by atoms with Gasteiger partial charge in [0.2, 0.25) is 5.91 Å². The van der Waals surface area contributed by atoms with Crippen LogP contribution in [0.4, 0.5) is 13.2 Å². The van der Waals surface area contributed by atoms with Crippen LogP contribution in [-0.2, 0) is 9.53 Å². The van der Waals surface area contributed by atoms with Crippen LogP contribution in [-0.4, -0.2) is 74.4 Å². The lowest BCUT2D eigenvalue weighted by Crippen LogP contribution is -2.48. The Kier molecular flexibility index (Phi) is 8.92. The van der Waals surface area contributed by atoms with E-state index in [2.05, 4.69) is 34.1 Å². The zero-order chi connectivity index (χ0) is 23.0. The maximum atomic E-state index is 12.1. The molecule has 0 radical (unpaired) electrons. The highest BCUT2D eigenvalue weighted by molar-refractivity contribution is 6.30. The lowest BCUT2D eigenvalue weighted by molar-refractivity contribution is -0.141. The number of amides is 1. The SMILES string of the molecule is O=C(COCCN1CCN([C@@H](c2ccccc2)c2ccc(Cl)cc2)CC1)NCC(F)(F)F. The van der Waals surface area contributed by atoms with E-state index in [1.165, 1.54) is 11.1 Å². The summed E-state index contributed by atoms with van der Waals surface area (Å²) in [6, 6.07) is 18.4. The smallest absolute Gasteiger partial charge is 0.370 e. The predicted octanol–water partition coefficient (Wildman–Crippen LogP) is 3.74. The minimum absolute atomic E-state index is 0.129. The molecule has 1 aliphatic rings. The molecule has 9 heteroatoms. The van der Waals surface area contributed by atoms with Gasteiger partial charge < -0.3 is 10.1 Å². The number of halogens is 4. The van der Waals surface area contributed by atoms with Crippen molar-refractivity contribution in [2.75, 3.05) is 52.5 Å². The monoisotopic (exact) mass is 469 g/mol. The summed E-state index contributed by atoms with van der Waals surface area (Å²) in [4.78, 5) is 16.0. The highest BCUT2D eigenvalue weighted by Crippen LogP contribution is 2.30. The maximum absolute atomic E-state index is 12.1. The zero-order valence-electron chi connectivity index (χ0n) is 17.7. The minimum Gasteiger partial charge on any atom is -0.370 e.